The number of nitrogens with two attached hydrogens (primary N) is 1. The van der Waals surface area contributed by atoms with E-state index in [1.165, 1.54) is 12.1 Å². The molecule has 0 saturated carbocycles. The van der Waals surface area contributed by atoms with E-state index in [1.807, 2.05) is 0 Å². The Bertz CT molecular complexity index is 570. The molecule has 1 rings (SSSR count). The molecule has 0 saturated heterocycles. The molecule has 1 atom stereocenters. The van der Waals surface area contributed by atoms with Crippen LogP contribution in [-0.4, -0.2) is 18.5 Å². The molecule has 0 aliphatic rings. The number of halogens is 3. The fourth-order valence-electron chi connectivity index (χ4n) is 2.06. The zero-order valence-electron chi connectivity index (χ0n) is 12.8. The second-order valence-corrected chi connectivity index (χ2v) is 5.99. The summed E-state index contributed by atoms with van der Waals surface area (Å²) in [7, 11) is 0. The number of rotatable bonds is 8. The molecule has 0 aliphatic carbocycles. The van der Waals surface area contributed by atoms with Crippen molar-refractivity contribution in [2.24, 2.45) is 5.73 Å². The Morgan fingerprint density at radius 3 is 2.57 bits per heavy atom. The van der Waals surface area contributed by atoms with Gasteiger partial charge in [0.2, 0.25) is 5.91 Å². The third-order valence-electron chi connectivity index (χ3n) is 3.26. The summed E-state index contributed by atoms with van der Waals surface area (Å²) in [4.78, 5) is 22.3. The molecule has 0 spiro atoms. The molecule has 8 heteroatoms. The number of carbonyl (C=O) groups excluding carboxylic acids is 2. The summed E-state index contributed by atoms with van der Waals surface area (Å²) in [6.45, 7) is 2.22. The first kappa shape index (κ1) is 19.5. The number of benzene rings is 1. The standard InChI is InChI=1S/C15H20Cl2FN3O2/c1-9(10-7-13(18)12(17)8-11(10)16)21-14(22)5-3-2-4-6-20-15(19)23/h7-9H,2-6H2,1H3,(H,21,22)(H3,19,20,23)/t9-/m0/s1. The molecular formula is C15H20Cl2FN3O2. The lowest BCUT2D eigenvalue weighted by Crippen LogP contribution is -2.30. The van der Waals surface area contributed by atoms with Crippen LogP contribution in [0.5, 0.6) is 0 Å². The number of nitrogens with one attached hydrogen (secondary N) is 2. The highest BCUT2D eigenvalue weighted by atomic mass is 35.5. The van der Waals surface area contributed by atoms with E-state index >= 15 is 0 Å². The van der Waals surface area contributed by atoms with Crippen molar-refractivity contribution in [2.75, 3.05) is 6.54 Å². The van der Waals surface area contributed by atoms with Gasteiger partial charge in [-0.3, -0.25) is 4.79 Å². The highest BCUT2D eigenvalue weighted by Crippen LogP contribution is 2.28. The zero-order chi connectivity index (χ0) is 17.4. The number of amides is 3. The average Bonchev–Trinajstić information content (AvgIpc) is 2.46. The highest BCUT2D eigenvalue weighted by molar-refractivity contribution is 6.35. The molecule has 1 aromatic carbocycles. The first-order valence-corrected chi connectivity index (χ1v) is 8.04. The summed E-state index contributed by atoms with van der Waals surface area (Å²) >= 11 is 11.7. The molecule has 3 amide bonds. The maximum atomic E-state index is 13.5. The predicted octanol–water partition coefficient (Wildman–Crippen LogP) is 3.54. The Kier molecular flexibility index (Phi) is 8.12. The van der Waals surface area contributed by atoms with Crippen LogP contribution >= 0.6 is 23.2 Å². The number of unbranched alkanes of at least 4 members (excludes halogenated alkanes) is 2. The van der Waals surface area contributed by atoms with E-state index in [-0.39, 0.29) is 10.9 Å². The van der Waals surface area contributed by atoms with E-state index in [0.29, 0.717) is 30.0 Å². The summed E-state index contributed by atoms with van der Waals surface area (Å²) in [5, 5.41) is 5.50. The first-order chi connectivity index (χ1) is 10.8. The van der Waals surface area contributed by atoms with Crippen molar-refractivity contribution in [2.45, 2.75) is 38.6 Å². The van der Waals surface area contributed by atoms with Crippen molar-refractivity contribution in [3.63, 3.8) is 0 Å². The Morgan fingerprint density at radius 1 is 1.22 bits per heavy atom. The minimum atomic E-state index is -0.575. The molecule has 0 unspecified atom stereocenters. The van der Waals surface area contributed by atoms with Crippen molar-refractivity contribution in [3.8, 4) is 0 Å². The topological polar surface area (TPSA) is 84.2 Å². The SMILES string of the molecule is C[C@H](NC(=O)CCCCCNC(N)=O)c1cc(F)c(Cl)cc1Cl. The summed E-state index contributed by atoms with van der Waals surface area (Å²) < 4.78 is 13.5. The smallest absolute Gasteiger partial charge is 0.312 e. The van der Waals surface area contributed by atoms with Gasteiger partial charge in [-0.25, -0.2) is 9.18 Å². The van der Waals surface area contributed by atoms with E-state index < -0.39 is 17.9 Å². The van der Waals surface area contributed by atoms with Gasteiger partial charge in [-0.2, -0.15) is 0 Å². The van der Waals surface area contributed by atoms with Crippen LogP contribution in [0.1, 0.15) is 44.2 Å². The van der Waals surface area contributed by atoms with E-state index in [1.54, 1.807) is 6.92 Å². The summed E-state index contributed by atoms with van der Waals surface area (Å²) in [5.41, 5.74) is 5.42. The fraction of sp³-hybridized carbons (Fsp3) is 0.467. The molecule has 0 aliphatic heterocycles. The van der Waals surface area contributed by atoms with Crippen LogP contribution in [0.3, 0.4) is 0 Å². The van der Waals surface area contributed by atoms with Crippen LogP contribution in [0.4, 0.5) is 9.18 Å². The van der Waals surface area contributed by atoms with E-state index in [0.717, 1.165) is 12.8 Å². The van der Waals surface area contributed by atoms with Gasteiger partial charge in [0.1, 0.15) is 5.82 Å². The van der Waals surface area contributed by atoms with Gasteiger partial charge in [-0.15, -0.1) is 0 Å². The second-order valence-electron chi connectivity index (χ2n) is 5.18. The Morgan fingerprint density at radius 2 is 1.91 bits per heavy atom. The fourth-order valence-corrected chi connectivity index (χ4v) is 2.61. The van der Waals surface area contributed by atoms with Crippen LogP contribution in [-0.2, 0) is 4.79 Å². The number of primary amides is 1. The van der Waals surface area contributed by atoms with Gasteiger partial charge < -0.3 is 16.4 Å². The Balaban J connectivity index is 2.37. The summed E-state index contributed by atoms with van der Waals surface area (Å²) in [6.07, 6.45) is 2.56. The van der Waals surface area contributed by atoms with Crippen molar-refractivity contribution in [1.29, 1.82) is 0 Å². The van der Waals surface area contributed by atoms with Crippen LogP contribution in [0, 0.1) is 5.82 Å². The van der Waals surface area contributed by atoms with E-state index in [4.69, 9.17) is 28.9 Å². The third kappa shape index (κ3) is 7.05. The normalized spacial score (nSPS) is 11.8. The lowest BCUT2D eigenvalue weighted by molar-refractivity contribution is -0.121. The average molecular weight is 364 g/mol. The largest absolute Gasteiger partial charge is 0.352 e. The van der Waals surface area contributed by atoms with Gasteiger partial charge in [0, 0.05) is 18.0 Å². The van der Waals surface area contributed by atoms with Gasteiger partial charge in [0.15, 0.2) is 0 Å². The number of carbonyl (C=O) groups is 2. The van der Waals surface area contributed by atoms with Gasteiger partial charge in [0.25, 0.3) is 0 Å². The third-order valence-corrected chi connectivity index (χ3v) is 3.88. The molecule has 128 valence electrons. The molecule has 5 nitrogen and oxygen atoms in total. The molecule has 0 aromatic heterocycles. The molecule has 0 heterocycles. The maximum Gasteiger partial charge on any atom is 0.312 e. The number of hydrogen-bond donors (Lipinski definition) is 3. The van der Waals surface area contributed by atoms with Gasteiger partial charge in [-0.05, 0) is 37.5 Å². The first-order valence-electron chi connectivity index (χ1n) is 7.28. The minimum Gasteiger partial charge on any atom is -0.352 e. The molecular weight excluding hydrogens is 344 g/mol. The number of hydrogen-bond acceptors (Lipinski definition) is 2. The lowest BCUT2D eigenvalue weighted by atomic mass is 10.1. The van der Waals surface area contributed by atoms with E-state index in [9.17, 15) is 14.0 Å². The second kappa shape index (κ2) is 9.57. The van der Waals surface area contributed by atoms with Crippen molar-refractivity contribution in [1.82, 2.24) is 10.6 Å². The minimum absolute atomic E-state index is 0.0538. The van der Waals surface area contributed by atoms with Crippen LogP contribution in [0.15, 0.2) is 12.1 Å². The van der Waals surface area contributed by atoms with Gasteiger partial charge >= 0.3 is 6.03 Å². The summed E-state index contributed by atoms with van der Waals surface area (Å²) in [5.74, 6) is -0.721. The maximum absolute atomic E-state index is 13.5. The lowest BCUT2D eigenvalue weighted by Gasteiger charge is -2.16. The zero-order valence-corrected chi connectivity index (χ0v) is 14.3. The van der Waals surface area contributed by atoms with Crippen molar-refractivity contribution < 1.29 is 14.0 Å². The van der Waals surface area contributed by atoms with Crippen molar-refractivity contribution in [3.05, 3.63) is 33.6 Å². The quantitative estimate of drug-likeness (QED) is 0.487. The molecule has 4 N–H and O–H groups in total. The van der Waals surface area contributed by atoms with Crippen LogP contribution in [0.2, 0.25) is 10.0 Å². The Hall–Kier alpha value is -1.53. The van der Waals surface area contributed by atoms with Gasteiger partial charge in [-0.1, -0.05) is 29.6 Å². The van der Waals surface area contributed by atoms with Crippen LogP contribution in [0.25, 0.3) is 0 Å². The monoisotopic (exact) mass is 363 g/mol. The molecule has 1 aromatic rings. The highest BCUT2D eigenvalue weighted by Gasteiger charge is 2.15. The van der Waals surface area contributed by atoms with Gasteiger partial charge in [0.05, 0.1) is 11.1 Å². The Labute approximate surface area is 144 Å². The summed E-state index contributed by atoms with van der Waals surface area (Å²) in [6, 6.07) is 1.58. The van der Waals surface area contributed by atoms with E-state index in [2.05, 4.69) is 10.6 Å². The molecule has 0 fully saturated rings. The number of urea groups is 1. The predicted molar refractivity (Wildman–Crippen MR) is 89.0 cm³/mol. The molecule has 0 bridgehead atoms. The van der Waals surface area contributed by atoms with Crippen LogP contribution < -0.4 is 16.4 Å². The molecule has 0 radical (unpaired) electrons. The molecule has 23 heavy (non-hydrogen) atoms. The van der Waals surface area contributed by atoms with Crippen molar-refractivity contribution >= 4 is 35.1 Å².